The van der Waals surface area contributed by atoms with Gasteiger partial charge in [0, 0.05) is 13.5 Å². The topological polar surface area (TPSA) is 107 Å². The van der Waals surface area contributed by atoms with E-state index in [0.717, 1.165) is 7.05 Å². The number of ether oxygens (including phenoxy) is 1. The summed E-state index contributed by atoms with van der Waals surface area (Å²) in [7, 11) is -3.00. The van der Waals surface area contributed by atoms with Gasteiger partial charge in [0.2, 0.25) is 0 Å². The molecule has 0 saturated heterocycles. The molecule has 2 rings (SSSR count). The highest BCUT2D eigenvalue weighted by Crippen LogP contribution is 2.28. The molecular weight excluding hydrogens is 384 g/mol. The molecule has 0 spiro atoms. The van der Waals surface area contributed by atoms with Crippen molar-refractivity contribution in [3.8, 4) is 17.6 Å². The highest BCUT2D eigenvalue weighted by Gasteiger charge is 2.31. The maximum absolute atomic E-state index is 12.7. The van der Waals surface area contributed by atoms with E-state index in [2.05, 4.69) is 11.8 Å². The summed E-state index contributed by atoms with van der Waals surface area (Å²) in [5.74, 6) is 5.19. The molecule has 1 aromatic rings. The molecule has 154 valence electrons. The number of amides is 1. The van der Waals surface area contributed by atoms with Crippen LogP contribution in [0.4, 0.5) is 0 Å². The average Bonchev–Trinajstić information content (AvgIpc) is 2.69. The van der Waals surface area contributed by atoms with Crippen molar-refractivity contribution in [1.82, 2.24) is 9.59 Å². The van der Waals surface area contributed by atoms with E-state index in [4.69, 9.17) is 4.74 Å². The first kappa shape index (κ1) is 22.2. The lowest BCUT2D eigenvalue weighted by atomic mass is 9.85. The first-order valence-electron chi connectivity index (χ1n) is 9.07. The Hall–Kier alpha value is -2.12. The van der Waals surface area contributed by atoms with Gasteiger partial charge >= 0.3 is 0 Å². The van der Waals surface area contributed by atoms with E-state index in [1.807, 2.05) is 0 Å². The third kappa shape index (κ3) is 5.69. The van der Waals surface area contributed by atoms with Crippen molar-refractivity contribution in [3.05, 3.63) is 24.3 Å². The molecule has 1 aliphatic rings. The van der Waals surface area contributed by atoms with Crippen LogP contribution in [0.2, 0.25) is 0 Å². The minimum Gasteiger partial charge on any atom is -0.481 e. The first-order valence-corrected chi connectivity index (χ1v) is 10.5. The van der Waals surface area contributed by atoms with Gasteiger partial charge in [-0.2, -0.15) is 0 Å². The Kier molecular flexibility index (Phi) is 7.83. The molecule has 1 amide bonds. The molecule has 28 heavy (non-hydrogen) atoms. The molecule has 1 fully saturated rings. The van der Waals surface area contributed by atoms with Gasteiger partial charge in [-0.1, -0.05) is 10.3 Å². The zero-order chi connectivity index (χ0) is 20.7. The van der Waals surface area contributed by atoms with Crippen LogP contribution in [0.15, 0.2) is 29.2 Å². The summed E-state index contributed by atoms with van der Waals surface area (Å²) < 4.78 is 31.2. The second-order valence-corrected chi connectivity index (χ2v) is 8.64. The van der Waals surface area contributed by atoms with Gasteiger partial charge in [-0.15, -0.1) is 11.1 Å². The Labute approximate surface area is 165 Å². The van der Waals surface area contributed by atoms with Crippen molar-refractivity contribution in [2.24, 2.45) is 5.92 Å². The summed E-state index contributed by atoms with van der Waals surface area (Å²) in [6.45, 7) is 1.88. The zero-order valence-corrected chi connectivity index (χ0v) is 16.9. The van der Waals surface area contributed by atoms with Crippen LogP contribution in [0.3, 0.4) is 0 Å². The Balaban J connectivity index is 2.00. The van der Waals surface area contributed by atoms with Gasteiger partial charge in [0.25, 0.3) is 15.9 Å². The fraction of sp³-hybridized carbons (Fsp3) is 0.526. The minimum absolute atomic E-state index is 0.0179. The predicted octanol–water partition coefficient (Wildman–Crippen LogP) is 1.78. The second-order valence-electron chi connectivity index (χ2n) is 6.69. The number of carbonyl (C=O) groups is 1. The number of nitrogens with zero attached hydrogens (tertiary/aromatic N) is 2. The molecular formula is C19H26N2O6S. The normalized spacial score (nSPS) is 19.6. The molecule has 0 aliphatic heterocycles. The van der Waals surface area contributed by atoms with Crippen molar-refractivity contribution in [2.45, 2.75) is 50.0 Å². The van der Waals surface area contributed by atoms with Crippen LogP contribution in [-0.4, -0.2) is 54.0 Å². The number of aliphatic hydroxyl groups excluding tert-OH is 1. The van der Waals surface area contributed by atoms with E-state index in [-0.39, 0.29) is 35.1 Å². The lowest BCUT2D eigenvalue weighted by molar-refractivity contribution is -0.207. The molecule has 1 saturated carbocycles. The summed E-state index contributed by atoms with van der Waals surface area (Å²) in [6, 6.07) is 5.63. The monoisotopic (exact) mass is 410 g/mol. The zero-order valence-electron chi connectivity index (χ0n) is 16.0. The number of hydrogen-bond acceptors (Lipinski definition) is 6. The SMILES string of the molecule is CC#CCOc1ccc(S(=O)(=O)N(C)N(O)C(=O)CC2CCC(O)CC2)cc1. The number of carbonyl (C=O) groups excluding carboxylic acids is 1. The van der Waals surface area contributed by atoms with E-state index in [9.17, 15) is 23.5 Å². The highest BCUT2D eigenvalue weighted by molar-refractivity contribution is 7.89. The van der Waals surface area contributed by atoms with Crippen molar-refractivity contribution in [3.63, 3.8) is 0 Å². The molecule has 0 heterocycles. The molecule has 2 N–H and O–H groups in total. The Morgan fingerprint density at radius 3 is 2.39 bits per heavy atom. The summed E-state index contributed by atoms with van der Waals surface area (Å²) in [4.78, 5) is 12.2. The van der Waals surface area contributed by atoms with E-state index >= 15 is 0 Å². The van der Waals surface area contributed by atoms with Gasteiger partial charge in [0.05, 0.1) is 11.0 Å². The third-order valence-corrected chi connectivity index (χ3v) is 6.44. The minimum atomic E-state index is -4.11. The van der Waals surface area contributed by atoms with Crippen LogP contribution in [-0.2, 0) is 14.8 Å². The predicted molar refractivity (Wildman–Crippen MR) is 102 cm³/mol. The fourth-order valence-corrected chi connectivity index (χ4v) is 4.07. The molecule has 9 heteroatoms. The van der Waals surface area contributed by atoms with E-state index in [0.29, 0.717) is 35.8 Å². The first-order chi connectivity index (χ1) is 13.3. The van der Waals surface area contributed by atoms with Crippen molar-refractivity contribution < 1.29 is 28.3 Å². The van der Waals surface area contributed by atoms with Crippen LogP contribution in [0.1, 0.15) is 39.0 Å². The maximum Gasteiger partial charge on any atom is 0.262 e. The van der Waals surface area contributed by atoms with E-state index in [1.165, 1.54) is 24.3 Å². The number of sulfonamides is 1. The molecule has 0 aromatic heterocycles. The number of aliphatic hydroxyl groups is 1. The lowest BCUT2D eigenvalue weighted by Gasteiger charge is -2.29. The third-order valence-electron chi connectivity index (χ3n) is 4.73. The van der Waals surface area contributed by atoms with Crippen molar-refractivity contribution in [2.75, 3.05) is 13.7 Å². The van der Waals surface area contributed by atoms with Crippen molar-refractivity contribution in [1.29, 1.82) is 0 Å². The molecule has 8 nitrogen and oxygen atoms in total. The Morgan fingerprint density at radius 2 is 1.82 bits per heavy atom. The molecule has 0 bridgehead atoms. The number of hydrogen-bond donors (Lipinski definition) is 2. The maximum atomic E-state index is 12.7. The lowest BCUT2D eigenvalue weighted by Crippen LogP contribution is -2.45. The van der Waals surface area contributed by atoms with E-state index < -0.39 is 15.9 Å². The highest BCUT2D eigenvalue weighted by atomic mass is 32.2. The Morgan fingerprint density at radius 1 is 1.21 bits per heavy atom. The Bertz CT molecular complexity index is 820. The standard InChI is InChI=1S/C19H26N2O6S/c1-3-4-13-27-17-9-11-18(12-10-17)28(25,26)20(2)21(24)19(23)14-15-5-7-16(22)8-6-15/h9-12,15-16,22,24H,5-8,13-14H2,1-2H3. The van der Waals surface area contributed by atoms with Crippen LogP contribution in [0.25, 0.3) is 0 Å². The number of hydrazine groups is 1. The van der Waals surface area contributed by atoms with E-state index in [1.54, 1.807) is 6.92 Å². The van der Waals surface area contributed by atoms with Gasteiger partial charge in [-0.25, -0.2) is 8.42 Å². The summed E-state index contributed by atoms with van der Waals surface area (Å²) in [5, 5.41) is 19.8. The molecule has 1 aromatic carbocycles. The second kappa shape index (κ2) is 9.89. The molecule has 0 atom stereocenters. The number of benzene rings is 1. The smallest absolute Gasteiger partial charge is 0.262 e. The van der Waals surface area contributed by atoms with Crippen LogP contribution in [0, 0.1) is 17.8 Å². The summed E-state index contributed by atoms with van der Waals surface area (Å²) >= 11 is 0. The van der Waals surface area contributed by atoms with Gasteiger partial charge in [-0.3, -0.25) is 10.0 Å². The largest absolute Gasteiger partial charge is 0.481 e. The number of rotatable bonds is 7. The fourth-order valence-electron chi connectivity index (χ4n) is 2.99. The van der Waals surface area contributed by atoms with Crippen LogP contribution in [0.5, 0.6) is 5.75 Å². The van der Waals surface area contributed by atoms with Crippen molar-refractivity contribution >= 4 is 15.9 Å². The number of hydroxylamine groups is 1. The molecule has 0 radical (unpaired) electrons. The molecule has 1 aliphatic carbocycles. The average molecular weight is 410 g/mol. The summed E-state index contributed by atoms with van der Waals surface area (Å²) in [6.07, 6.45) is 2.22. The van der Waals surface area contributed by atoms with Gasteiger partial charge in [0.15, 0.2) is 0 Å². The molecule has 0 unspecified atom stereocenters. The van der Waals surface area contributed by atoms with Gasteiger partial charge in [0.1, 0.15) is 12.4 Å². The van der Waals surface area contributed by atoms with Gasteiger partial charge in [-0.05, 0) is 62.8 Å². The van der Waals surface area contributed by atoms with Gasteiger partial charge < -0.3 is 9.84 Å². The summed E-state index contributed by atoms with van der Waals surface area (Å²) in [5.41, 5.74) is 0. The quantitative estimate of drug-likeness (QED) is 0.403. The van der Waals surface area contributed by atoms with Crippen LogP contribution < -0.4 is 4.74 Å². The van der Waals surface area contributed by atoms with Crippen LogP contribution >= 0.6 is 0 Å².